The Morgan fingerprint density at radius 3 is 2.96 bits per heavy atom. The number of nitrogens with zero attached hydrogens (tertiary/aromatic N) is 4. The van der Waals surface area contributed by atoms with Crippen molar-refractivity contribution < 1.29 is 9.53 Å². The van der Waals surface area contributed by atoms with Gasteiger partial charge in [-0.05, 0) is 37.3 Å². The molecule has 6 heteroatoms. The second-order valence-electron chi connectivity index (χ2n) is 7.64. The van der Waals surface area contributed by atoms with Gasteiger partial charge in [0.05, 0.1) is 6.61 Å². The number of amides is 1. The number of ether oxygens (including phenoxy) is 1. The zero-order chi connectivity index (χ0) is 17.9. The molecule has 0 spiro atoms. The van der Waals surface area contributed by atoms with Crippen LogP contribution < -0.4 is 0 Å². The molecular formula is C20H28N4O2. The van der Waals surface area contributed by atoms with Crippen molar-refractivity contribution in [2.75, 3.05) is 26.8 Å². The maximum Gasteiger partial charge on any atom is 0.222 e. The highest BCUT2D eigenvalue weighted by molar-refractivity contribution is 5.77. The third-order valence-corrected chi connectivity index (χ3v) is 5.90. The molecule has 26 heavy (non-hydrogen) atoms. The molecule has 2 aliphatic rings. The highest BCUT2D eigenvalue weighted by Gasteiger charge is 2.32. The van der Waals surface area contributed by atoms with Crippen LogP contribution in [0.15, 0.2) is 18.3 Å². The van der Waals surface area contributed by atoms with Crippen LogP contribution in [0.5, 0.6) is 0 Å². The van der Waals surface area contributed by atoms with Gasteiger partial charge in [-0.25, -0.2) is 9.97 Å². The van der Waals surface area contributed by atoms with Gasteiger partial charge in [-0.1, -0.05) is 12.8 Å². The van der Waals surface area contributed by atoms with Gasteiger partial charge in [-0.15, -0.1) is 0 Å². The maximum atomic E-state index is 12.7. The Hall–Kier alpha value is -1.95. The molecule has 1 aliphatic heterocycles. The summed E-state index contributed by atoms with van der Waals surface area (Å²) in [4.78, 5) is 24.1. The molecule has 1 saturated carbocycles. The number of carbonyl (C=O) groups excluding carboxylic acids is 1. The van der Waals surface area contributed by atoms with Crippen LogP contribution in [-0.4, -0.2) is 52.1 Å². The molecule has 1 amide bonds. The van der Waals surface area contributed by atoms with Gasteiger partial charge in [0.1, 0.15) is 11.3 Å². The number of fused-ring (bicyclic) bond motifs is 1. The third kappa shape index (κ3) is 3.47. The number of pyridine rings is 1. The van der Waals surface area contributed by atoms with E-state index in [1.807, 2.05) is 18.3 Å². The van der Waals surface area contributed by atoms with Gasteiger partial charge in [0.25, 0.3) is 0 Å². The van der Waals surface area contributed by atoms with Crippen molar-refractivity contribution >= 4 is 17.1 Å². The van der Waals surface area contributed by atoms with Gasteiger partial charge >= 0.3 is 0 Å². The molecule has 4 rings (SSSR count). The zero-order valence-corrected chi connectivity index (χ0v) is 15.6. The summed E-state index contributed by atoms with van der Waals surface area (Å²) in [5, 5.41) is 0. The van der Waals surface area contributed by atoms with Crippen LogP contribution in [0.4, 0.5) is 0 Å². The molecule has 2 aromatic rings. The average Bonchev–Trinajstić information content (AvgIpc) is 3.39. The number of carbonyl (C=O) groups is 1. The first-order chi connectivity index (χ1) is 12.8. The Morgan fingerprint density at radius 1 is 1.31 bits per heavy atom. The average molecular weight is 356 g/mol. The summed E-state index contributed by atoms with van der Waals surface area (Å²) in [6.45, 7) is 3.00. The quantitative estimate of drug-likeness (QED) is 0.798. The molecule has 0 aromatic carbocycles. The first kappa shape index (κ1) is 17.5. The molecule has 0 unspecified atom stereocenters. The molecule has 0 N–H and O–H groups in total. The Kier molecular flexibility index (Phi) is 5.20. The molecular weight excluding hydrogens is 328 g/mol. The molecule has 1 aliphatic carbocycles. The molecule has 6 nitrogen and oxygen atoms in total. The topological polar surface area (TPSA) is 60.2 Å². The Bertz CT molecular complexity index is 766. The zero-order valence-electron chi connectivity index (χ0n) is 15.6. The van der Waals surface area contributed by atoms with Crippen LogP contribution >= 0.6 is 0 Å². The van der Waals surface area contributed by atoms with Gasteiger partial charge in [-0.2, -0.15) is 0 Å². The highest BCUT2D eigenvalue weighted by Crippen LogP contribution is 2.32. The smallest absolute Gasteiger partial charge is 0.222 e. The first-order valence-electron chi connectivity index (χ1n) is 9.84. The third-order valence-electron chi connectivity index (χ3n) is 5.90. The summed E-state index contributed by atoms with van der Waals surface area (Å²) >= 11 is 0. The lowest BCUT2D eigenvalue weighted by molar-refractivity contribution is -0.131. The summed E-state index contributed by atoms with van der Waals surface area (Å²) in [6, 6.07) is 3.93. The van der Waals surface area contributed by atoms with E-state index in [0.29, 0.717) is 18.4 Å². The monoisotopic (exact) mass is 356 g/mol. The summed E-state index contributed by atoms with van der Waals surface area (Å²) in [5.74, 6) is 2.27. The van der Waals surface area contributed by atoms with Crippen molar-refractivity contribution in [2.45, 2.75) is 51.0 Å². The Labute approximate surface area is 154 Å². The van der Waals surface area contributed by atoms with E-state index in [9.17, 15) is 4.79 Å². The normalized spacial score (nSPS) is 21.1. The van der Waals surface area contributed by atoms with Crippen molar-refractivity contribution in [1.82, 2.24) is 19.4 Å². The first-order valence-corrected chi connectivity index (χ1v) is 9.84. The van der Waals surface area contributed by atoms with Gasteiger partial charge < -0.3 is 14.2 Å². The van der Waals surface area contributed by atoms with E-state index in [1.165, 1.54) is 25.7 Å². The Morgan fingerprint density at radius 2 is 2.15 bits per heavy atom. The van der Waals surface area contributed by atoms with Crippen LogP contribution in [0.1, 0.15) is 50.3 Å². The molecule has 2 fully saturated rings. The second-order valence-corrected chi connectivity index (χ2v) is 7.64. The predicted molar refractivity (Wildman–Crippen MR) is 99.9 cm³/mol. The second kappa shape index (κ2) is 7.74. The van der Waals surface area contributed by atoms with E-state index >= 15 is 0 Å². The number of rotatable bonds is 6. The van der Waals surface area contributed by atoms with Crippen molar-refractivity contribution in [3.63, 3.8) is 0 Å². The van der Waals surface area contributed by atoms with Gasteiger partial charge in [0.2, 0.25) is 5.91 Å². The summed E-state index contributed by atoms with van der Waals surface area (Å²) in [7, 11) is 1.71. The van der Waals surface area contributed by atoms with Crippen LogP contribution in [-0.2, 0) is 16.1 Å². The number of likely N-dealkylation sites (tertiary alicyclic amines) is 1. The van der Waals surface area contributed by atoms with Crippen molar-refractivity contribution in [3.8, 4) is 0 Å². The molecule has 1 saturated heterocycles. The van der Waals surface area contributed by atoms with Gasteiger partial charge in [0.15, 0.2) is 5.65 Å². The van der Waals surface area contributed by atoms with Crippen molar-refractivity contribution in [3.05, 3.63) is 24.2 Å². The highest BCUT2D eigenvalue weighted by atomic mass is 16.5. The minimum absolute atomic E-state index is 0.286. The van der Waals surface area contributed by atoms with E-state index in [-0.39, 0.29) is 5.92 Å². The molecule has 3 heterocycles. The van der Waals surface area contributed by atoms with Crippen LogP contribution in [0.25, 0.3) is 11.2 Å². The van der Waals surface area contributed by atoms with E-state index in [1.54, 1.807) is 7.11 Å². The van der Waals surface area contributed by atoms with E-state index in [0.717, 1.165) is 49.5 Å². The number of imidazole rings is 1. The summed E-state index contributed by atoms with van der Waals surface area (Å²) in [5.41, 5.74) is 1.84. The fourth-order valence-electron chi connectivity index (χ4n) is 4.48. The Balaban J connectivity index is 1.50. The molecule has 0 bridgehead atoms. The van der Waals surface area contributed by atoms with E-state index in [4.69, 9.17) is 9.72 Å². The molecule has 2 aromatic heterocycles. The number of hydrogen-bond acceptors (Lipinski definition) is 4. The molecule has 140 valence electrons. The standard InChI is InChI=1S/C20H28N4O2/c1-26-12-11-24-19(22-17-7-4-9-21-20(17)24)16-8-10-23(14-16)18(25)13-15-5-2-3-6-15/h4,7,9,15-16H,2-3,5-6,8,10-14H2,1H3/t16-/m1/s1. The van der Waals surface area contributed by atoms with Gasteiger partial charge in [0, 0.05) is 45.3 Å². The minimum Gasteiger partial charge on any atom is -0.383 e. The molecule has 0 radical (unpaired) electrons. The largest absolute Gasteiger partial charge is 0.383 e. The number of methoxy groups -OCH3 is 1. The fourth-order valence-corrected chi connectivity index (χ4v) is 4.48. The summed E-state index contributed by atoms with van der Waals surface area (Å²) in [6.07, 6.45) is 8.54. The molecule has 1 atom stereocenters. The van der Waals surface area contributed by atoms with E-state index < -0.39 is 0 Å². The van der Waals surface area contributed by atoms with Crippen molar-refractivity contribution in [2.24, 2.45) is 5.92 Å². The predicted octanol–water partition coefficient (Wildman–Crippen LogP) is 2.97. The SMILES string of the molecule is COCCn1c([C@@H]2CCN(C(=O)CC3CCCC3)C2)nc2cccnc21. The minimum atomic E-state index is 0.286. The van der Waals surface area contributed by atoms with Crippen LogP contribution in [0.3, 0.4) is 0 Å². The van der Waals surface area contributed by atoms with Gasteiger partial charge in [-0.3, -0.25) is 4.79 Å². The van der Waals surface area contributed by atoms with Crippen LogP contribution in [0, 0.1) is 5.92 Å². The van der Waals surface area contributed by atoms with Crippen LogP contribution in [0.2, 0.25) is 0 Å². The number of hydrogen-bond donors (Lipinski definition) is 0. The lowest BCUT2D eigenvalue weighted by atomic mass is 10.0. The number of aromatic nitrogens is 3. The summed E-state index contributed by atoms with van der Waals surface area (Å²) < 4.78 is 7.45. The lowest BCUT2D eigenvalue weighted by Gasteiger charge is -2.19. The van der Waals surface area contributed by atoms with E-state index in [2.05, 4.69) is 14.5 Å². The fraction of sp³-hybridized carbons (Fsp3) is 0.650. The lowest BCUT2D eigenvalue weighted by Crippen LogP contribution is -2.30. The maximum absolute atomic E-state index is 12.7. The van der Waals surface area contributed by atoms with Crippen molar-refractivity contribution in [1.29, 1.82) is 0 Å².